The number of esters is 2. The smallest absolute Gasteiger partial charge is 0.336 e. The van der Waals surface area contributed by atoms with Crippen molar-refractivity contribution in [3.8, 4) is 0 Å². The molecule has 3 rings (SSSR count). The Morgan fingerprint density at radius 3 is 2.30 bits per heavy atom. The molecule has 2 unspecified atom stereocenters. The van der Waals surface area contributed by atoms with Crippen molar-refractivity contribution in [1.82, 2.24) is 0 Å². The maximum Gasteiger partial charge on any atom is 0.336 e. The number of carbonyl (C=O) groups excluding carboxylic acids is 2. The van der Waals surface area contributed by atoms with Gasteiger partial charge in [-0.1, -0.05) is 60.1 Å². The normalized spacial score (nSPS) is 18.0. The van der Waals surface area contributed by atoms with Gasteiger partial charge in [-0.15, -0.1) is 0 Å². The van der Waals surface area contributed by atoms with Gasteiger partial charge in [-0.3, -0.25) is 9.79 Å². The maximum absolute atomic E-state index is 13.2. The number of aliphatic imine (C=N–C) groups is 1. The Hall–Kier alpha value is -2.57. The molecule has 0 saturated carbocycles. The average molecular weight is 486 g/mol. The molecule has 5 nitrogen and oxygen atoms in total. The lowest BCUT2D eigenvalue weighted by Gasteiger charge is -2.32. The third kappa shape index (κ3) is 6.06. The van der Waals surface area contributed by atoms with E-state index >= 15 is 0 Å². The Morgan fingerprint density at radius 1 is 0.970 bits per heavy atom. The molecule has 0 radical (unpaired) electrons. The molecule has 0 amide bonds. The molecule has 0 aromatic heterocycles. The Bertz CT molecular complexity index is 1050. The van der Waals surface area contributed by atoms with Crippen molar-refractivity contribution in [2.45, 2.75) is 32.4 Å². The summed E-state index contributed by atoms with van der Waals surface area (Å²) >= 11 is 8.21. The van der Waals surface area contributed by atoms with Crippen LogP contribution in [0.4, 0.5) is 0 Å². The van der Waals surface area contributed by atoms with Crippen LogP contribution in [0, 0.1) is 5.92 Å². The van der Waals surface area contributed by atoms with Crippen molar-refractivity contribution in [1.29, 1.82) is 0 Å². The van der Waals surface area contributed by atoms with E-state index in [1.54, 1.807) is 38.6 Å². The van der Waals surface area contributed by atoms with Crippen LogP contribution in [0.25, 0.3) is 0 Å². The zero-order chi connectivity index (χ0) is 23.8. The minimum absolute atomic E-state index is 0.217. The molecule has 7 heteroatoms. The van der Waals surface area contributed by atoms with Gasteiger partial charge in [0.05, 0.1) is 24.5 Å². The maximum atomic E-state index is 13.2. The highest BCUT2D eigenvalue weighted by molar-refractivity contribution is 7.98. The standard InChI is InChI=1S/C26H28ClNO4S/c1-4-31-25(29)22-17(3)28-21(16-33-15-18-11-7-6-8-12-18)24(26(30)32-5-2)23(22)19-13-9-10-14-20(19)27/h6-14,22-23H,4-5,15-16H2,1-3H3. The van der Waals surface area contributed by atoms with Crippen LogP contribution < -0.4 is 0 Å². The van der Waals surface area contributed by atoms with Crippen LogP contribution >= 0.6 is 23.4 Å². The van der Waals surface area contributed by atoms with E-state index < -0.39 is 23.8 Å². The molecular formula is C26H28ClNO4S. The summed E-state index contributed by atoms with van der Waals surface area (Å²) in [4.78, 5) is 30.9. The summed E-state index contributed by atoms with van der Waals surface area (Å²) in [5.41, 5.74) is 3.44. The Balaban J connectivity index is 2.06. The predicted octanol–water partition coefficient (Wildman–Crippen LogP) is 5.83. The molecule has 1 heterocycles. The van der Waals surface area contributed by atoms with Gasteiger partial charge in [0.15, 0.2) is 0 Å². The number of rotatable bonds is 9. The summed E-state index contributed by atoms with van der Waals surface area (Å²) < 4.78 is 10.8. The predicted molar refractivity (Wildman–Crippen MR) is 134 cm³/mol. The summed E-state index contributed by atoms with van der Waals surface area (Å²) in [6.07, 6.45) is 0. The highest BCUT2D eigenvalue weighted by atomic mass is 35.5. The number of benzene rings is 2. The third-order valence-corrected chi connectivity index (χ3v) is 6.70. The largest absolute Gasteiger partial charge is 0.465 e. The summed E-state index contributed by atoms with van der Waals surface area (Å²) in [6, 6.07) is 17.4. The van der Waals surface area contributed by atoms with Crippen LogP contribution in [-0.2, 0) is 24.8 Å². The van der Waals surface area contributed by atoms with Gasteiger partial charge in [0.25, 0.3) is 0 Å². The molecule has 1 aliphatic heterocycles. The first-order chi connectivity index (χ1) is 16.0. The van der Waals surface area contributed by atoms with Gasteiger partial charge >= 0.3 is 11.9 Å². The summed E-state index contributed by atoms with van der Waals surface area (Å²) in [6.45, 7) is 5.76. The molecule has 0 N–H and O–H groups in total. The lowest BCUT2D eigenvalue weighted by atomic mass is 9.75. The zero-order valence-electron chi connectivity index (χ0n) is 19.0. The first-order valence-corrected chi connectivity index (χ1v) is 12.5. The lowest BCUT2D eigenvalue weighted by molar-refractivity contribution is -0.146. The molecule has 0 bridgehead atoms. The van der Waals surface area contributed by atoms with E-state index in [1.807, 2.05) is 36.4 Å². The van der Waals surface area contributed by atoms with Crippen LogP contribution in [-0.4, -0.2) is 36.6 Å². The fourth-order valence-corrected chi connectivity index (χ4v) is 5.13. The van der Waals surface area contributed by atoms with Gasteiger partial charge in [-0.2, -0.15) is 11.8 Å². The number of halogens is 1. The van der Waals surface area contributed by atoms with Gasteiger partial charge in [0, 0.05) is 28.2 Å². The van der Waals surface area contributed by atoms with Crippen LogP contribution in [0.5, 0.6) is 0 Å². The molecule has 0 saturated heterocycles. The Kier molecular flexibility index (Phi) is 9.15. The molecule has 2 aromatic carbocycles. The van der Waals surface area contributed by atoms with Gasteiger partial charge in [0.2, 0.25) is 0 Å². The van der Waals surface area contributed by atoms with Crippen molar-refractivity contribution in [2.75, 3.05) is 19.0 Å². The van der Waals surface area contributed by atoms with E-state index in [1.165, 1.54) is 5.56 Å². The zero-order valence-corrected chi connectivity index (χ0v) is 20.6. The van der Waals surface area contributed by atoms with Crippen LogP contribution in [0.2, 0.25) is 5.02 Å². The number of nitrogens with zero attached hydrogens (tertiary/aromatic N) is 1. The molecule has 0 spiro atoms. The number of ether oxygens (including phenoxy) is 2. The molecular weight excluding hydrogens is 458 g/mol. The van der Waals surface area contributed by atoms with Crippen molar-refractivity contribution in [3.63, 3.8) is 0 Å². The van der Waals surface area contributed by atoms with Crippen LogP contribution in [0.15, 0.2) is 70.9 Å². The fraction of sp³-hybridized carbons (Fsp3) is 0.346. The molecule has 0 aliphatic carbocycles. The SMILES string of the molecule is CCOC(=O)C1=C(CSCc2ccccc2)N=C(C)C(C(=O)OCC)C1c1ccccc1Cl. The van der Waals surface area contributed by atoms with E-state index in [0.717, 1.165) is 5.75 Å². The van der Waals surface area contributed by atoms with Gasteiger partial charge < -0.3 is 9.47 Å². The minimum atomic E-state index is -0.757. The topological polar surface area (TPSA) is 65.0 Å². The summed E-state index contributed by atoms with van der Waals surface area (Å²) in [5.74, 6) is -1.04. The number of hydrogen-bond acceptors (Lipinski definition) is 6. The summed E-state index contributed by atoms with van der Waals surface area (Å²) in [5, 5.41) is 0.476. The second-order valence-corrected chi connectivity index (χ2v) is 8.93. The third-order valence-electron chi connectivity index (χ3n) is 5.34. The van der Waals surface area contributed by atoms with Gasteiger partial charge in [0.1, 0.15) is 5.92 Å². The number of thioether (sulfide) groups is 1. The van der Waals surface area contributed by atoms with E-state index in [0.29, 0.717) is 33.3 Å². The van der Waals surface area contributed by atoms with Gasteiger partial charge in [-0.25, -0.2) is 4.79 Å². The van der Waals surface area contributed by atoms with Crippen molar-refractivity contribution < 1.29 is 19.1 Å². The lowest BCUT2D eigenvalue weighted by Crippen LogP contribution is -2.37. The minimum Gasteiger partial charge on any atom is -0.465 e. The van der Waals surface area contributed by atoms with E-state index in [2.05, 4.69) is 12.1 Å². The molecule has 33 heavy (non-hydrogen) atoms. The van der Waals surface area contributed by atoms with Crippen molar-refractivity contribution >= 4 is 41.0 Å². The highest BCUT2D eigenvalue weighted by Crippen LogP contribution is 2.43. The Labute approximate surface area is 204 Å². The Morgan fingerprint density at radius 2 is 1.64 bits per heavy atom. The summed E-state index contributed by atoms with van der Waals surface area (Å²) in [7, 11) is 0. The fourth-order valence-electron chi connectivity index (χ4n) is 3.93. The van der Waals surface area contributed by atoms with E-state index in [-0.39, 0.29) is 13.2 Å². The second-order valence-electron chi connectivity index (χ2n) is 7.54. The molecule has 174 valence electrons. The highest BCUT2D eigenvalue weighted by Gasteiger charge is 2.43. The molecule has 2 aromatic rings. The van der Waals surface area contributed by atoms with E-state index in [4.69, 9.17) is 26.1 Å². The van der Waals surface area contributed by atoms with Crippen molar-refractivity contribution in [3.05, 3.63) is 82.0 Å². The quantitative estimate of drug-likeness (QED) is 0.418. The average Bonchev–Trinajstić information content (AvgIpc) is 2.80. The second kappa shape index (κ2) is 12.1. The van der Waals surface area contributed by atoms with Crippen molar-refractivity contribution in [2.24, 2.45) is 10.9 Å². The number of carbonyl (C=O) groups is 2. The first-order valence-electron chi connectivity index (χ1n) is 11.0. The van der Waals surface area contributed by atoms with Gasteiger partial charge in [-0.05, 0) is 38.0 Å². The van der Waals surface area contributed by atoms with Crippen LogP contribution in [0.3, 0.4) is 0 Å². The van der Waals surface area contributed by atoms with Crippen LogP contribution in [0.1, 0.15) is 37.8 Å². The molecule has 2 atom stereocenters. The number of hydrogen-bond donors (Lipinski definition) is 0. The first kappa shape index (κ1) is 25.1. The van der Waals surface area contributed by atoms with E-state index in [9.17, 15) is 9.59 Å². The molecule has 1 aliphatic rings. The molecule has 0 fully saturated rings. The monoisotopic (exact) mass is 485 g/mol.